The first-order chi connectivity index (χ1) is 11.8. The fourth-order valence-electron chi connectivity index (χ4n) is 2.00. The SMILES string of the molecule is CCCCOCCCNC(=NC)NCCNC(=O)c1ccccc1.I. The fourth-order valence-corrected chi connectivity index (χ4v) is 2.00. The van der Waals surface area contributed by atoms with E-state index in [1.165, 1.54) is 0 Å². The van der Waals surface area contributed by atoms with E-state index in [1.54, 1.807) is 19.2 Å². The second-order valence-corrected chi connectivity index (χ2v) is 5.37. The van der Waals surface area contributed by atoms with Crippen molar-refractivity contribution in [2.75, 3.05) is 39.9 Å². The Morgan fingerprint density at radius 2 is 1.64 bits per heavy atom. The summed E-state index contributed by atoms with van der Waals surface area (Å²) < 4.78 is 5.51. The molecule has 0 aliphatic rings. The molecule has 0 fully saturated rings. The Balaban J connectivity index is 0.00000576. The number of aliphatic imine (C=N–C) groups is 1. The standard InChI is InChI=1S/C18H30N4O2.HI/c1-3-4-14-24-15-8-11-21-18(19-2)22-13-12-20-17(23)16-9-6-5-7-10-16;/h5-7,9-10H,3-4,8,11-15H2,1-2H3,(H,20,23)(H2,19,21,22);1H. The van der Waals surface area contributed by atoms with Crippen LogP contribution in [0.5, 0.6) is 0 Å². The minimum atomic E-state index is -0.0652. The van der Waals surface area contributed by atoms with Gasteiger partial charge in [-0.15, -0.1) is 24.0 Å². The van der Waals surface area contributed by atoms with Gasteiger partial charge in [-0.25, -0.2) is 0 Å². The van der Waals surface area contributed by atoms with Crippen LogP contribution in [0.1, 0.15) is 36.5 Å². The number of guanidine groups is 1. The summed E-state index contributed by atoms with van der Waals surface area (Å²) in [4.78, 5) is 16.0. The minimum absolute atomic E-state index is 0. The number of rotatable bonds is 11. The van der Waals surface area contributed by atoms with Crippen LogP contribution >= 0.6 is 24.0 Å². The molecule has 0 aromatic heterocycles. The molecule has 0 saturated heterocycles. The monoisotopic (exact) mass is 462 g/mol. The average Bonchev–Trinajstić information content (AvgIpc) is 2.63. The maximum Gasteiger partial charge on any atom is 0.251 e. The van der Waals surface area contributed by atoms with Crippen molar-refractivity contribution in [3.05, 3.63) is 35.9 Å². The van der Waals surface area contributed by atoms with Crippen LogP contribution in [0.2, 0.25) is 0 Å². The van der Waals surface area contributed by atoms with Crippen molar-refractivity contribution >= 4 is 35.8 Å². The number of halogens is 1. The number of ether oxygens (including phenoxy) is 1. The summed E-state index contributed by atoms with van der Waals surface area (Å²) in [5, 5.41) is 9.27. The zero-order valence-corrected chi connectivity index (χ0v) is 17.5. The van der Waals surface area contributed by atoms with Crippen molar-refractivity contribution in [1.29, 1.82) is 0 Å². The van der Waals surface area contributed by atoms with Crippen LogP contribution in [-0.2, 0) is 4.74 Å². The summed E-state index contributed by atoms with van der Waals surface area (Å²) in [5.74, 6) is 0.669. The molecule has 0 saturated carbocycles. The normalized spacial score (nSPS) is 10.7. The summed E-state index contributed by atoms with van der Waals surface area (Å²) in [5.41, 5.74) is 0.670. The van der Waals surface area contributed by atoms with Crippen molar-refractivity contribution in [3.8, 4) is 0 Å². The average molecular weight is 462 g/mol. The van der Waals surface area contributed by atoms with Crippen LogP contribution in [0.25, 0.3) is 0 Å². The van der Waals surface area contributed by atoms with Crippen LogP contribution in [0, 0.1) is 0 Å². The topological polar surface area (TPSA) is 74.8 Å². The van der Waals surface area contributed by atoms with Gasteiger partial charge in [-0.3, -0.25) is 9.79 Å². The van der Waals surface area contributed by atoms with Crippen molar-refractivity contribution in [2.24, 2.45) is 4.99 Å². The lowest BCUT2D eigenvalue weighted by Crippen LogP contribution is -2.42. The maximum atomic E-state index is 11.9. The molecular weight excluding hydrogens is 431 g/mol. The molecule has 0 bridgehead atoms. The number of nitrogens with zero attached hydrogens (tertiary/aromatic N) is 1. The van der Waals surface area contributed by atoms with Gasteiger partial charge < -0.3 is 20.7 Å². The highest BCUT2D eigenvalue weighted by Gasteiger charge is 2.03. The third-order valence-corrected chi connectivity index (χ3v) is 3.36. The molecule has 1 amide bonds. The van der Waals surface area contributed by atoms with Gasteiger partial charge >= 0.3 is 0 Å². The number of hydrogen-bond acceptors (Lipinski definition) is 3. The van der Waals surface area contributed by atoms with Gasteiger partial charge in [-0.05, 0) is 25.0 Å². The molecule has 0 aliphatic carbocycles. The van der Waals surface area contributed by atoms with Gasteiger partial charge in [-0.2, -0.15) is 0 Å². The zero-order chi connectivity index (χ0) is 17.5. The van der Waals surface area contributed by atoms with E-state index in [2.05, 4.69) is 27.9 Å². The van der Waals surface area contributed by atoms with Crippen molar-refractivity contribution in [3.63, 3.8) is 0 Å². The number of amides is 1. The van der Waals surface area contributed by atoms with Crippen LogP contribution in [0.3, 0.4) is 0 Å². The Kier molecular flexibility index (Phi) is 15.3. The molecule has 0 heterocycles. The van der Waals surface area contributed by atoms with Crippen LogP contribution in [-0.4, -0.2) is 51.8 Å². The van der Waals surface area contributed by atoms with Gasteiger partial charge in [0.25, 0.3) is 5.91 Å². The number of unbranched alkanes of at least 4 members (excludes halogenated alkanes) is 1. The van der Waals surface area contributed by atoms with E-state index in [1.807, 2.05) is 18.2 Å². The molecule has 25 heavy (non-hydrogen) atoms. The smallest absolute Gasteiger partial charge is 0.251 e. The minimum Gasteiger partial charge on any atom is -0.381 e. The third kappa shape index (κ3) is 11.8. The molecule has 3 N–H and O–H groups in total. The third-order valence-electron chi connectivity index (χ3n) is 3.36. The lowest BCUT2D eigenvalue weighted by atomic mass is 10.2. The van der Waals surface area contributed by atoms with Crippen LogP contribution in [0.4, 0.5) is 0 Å². The van der Waals surface area contributed by atoms with Gasteiger partial charge in [0.05, 0.1) is 0 Å². The summed E-state index contributed by atoms with van der Waals surface area (Å²) in [7, 11) is 1.73. The molecule has 1 aromatic carbocycles. The molecular formula is C18H31IN4O2. The van der Waals surface area contributed by atoms with Crippen molar-refractivity contribution < 1.29 is 9.53 Å². The first-order valence-corrected chi connectivity index (χ1v) is 8.63. The Labute approximate surface area is 168 Å². The number of carbonyl (C=O) groups is 1. The number of hydrogen-bond donors (Lipinski definition) is 3. The Morgan fingerprint density at radius 3 is 2.32 bits per heavy atom. The molecule has 1 rings (SSSR count). The number of carbonyl (C=O) groups excluding carboxylic acids is 1. The summed E-state index contributed by atoms with van der Waals surface area (Å²) in [6, 6.07) is 9.19. The second kappa shape index (κ2) is 16.1. The quantitative estimate of drug-likeness (QED) is 0.204. The highest BCUT2D eigenvalue weighted by Crippen LogP contribution is 1.97. The second-order valence-electron chi connectivity index (χ2n) is 5.37. The van der Waals surface area contributed by atoms with E-state index in [-0.39, 0.29) is 29.9 Å². The predicted octanol–water partition coefficient (Wildman–Crippen LogP) is 2.41. The molecule has 6 nitrogen and oxygen atoms in total. The van der Waals surface area contributed by atoms with E-state index in [0.29, 0.717) is 18.7 Å². The maximum absolute atomic E-state index is 11.9. The van der Waals surface area contributed by atoms with E-state index >= 15 is 0 Å². The van der Waals surface area contributed by atoms with E-state index in [4.69, 9.17) is 4.74 Å². The van der Waals surface area contributed by atoms with Gasteiger partial charge in [0, 0.05) is 45.5 Å². The molecule has 0 radical (unpaired) electrons. The van der Waals surface area contributed by atoms with E-state index in [9.17, 15) is 4.79 Å². The first kappa shape index (κ1) is 23.6. The summed E-state index contributed by atoms with van der Waals surface area (Å²) >= 11 is 0. The molecule has 0 unspecified atom stereocenters. The molecule has 142 valence electrons. The highest BCUT2D eigenvalue weighted by molar-refractivity contribution is 14.0. The summed E-state index contributed by atoms with van der Waals surface area (Å²) in [6.07, 6.45) is 3.22. The lowest BCUT2D eigenvalue weighted by Gasteiger charge is -2.12. The van der Waals surface area contributed by atoms with Crippen molar-refractivity contribution in [2.45, 2.75) is 26.2 Å². The lowest BCUT2D eigenvalue weighted by molar-refractivity contribution is 0.0954. The van der Waals surface area contributed by atoms with Gasteiger partial charge in [0.1, 0.15) is 0 Å². The van der Waals surface area contributed by atoms with E-state index in [0.717, 1.165) is 45.0 Å². The molecule has 7 heteroatoms. The number of nitrogens with one attached hydrogen (secondary N) is 3. The Morgan fingerprint density at radius 1 is 1.00 bits per heavy atom. The first-order valence-electron chi connectivity index (χ1n) is 8.63. The Hall–Kier alpha value is -1.35. The zero-order valence-electron chi connectivity index (χ0n) is 15.2. The molecule has 0 atom stereocenters. The molecule has 0 aliphatic heterocycles. The fraction of sp³-hybridized carbons (Fsp3) is 0.556. The van der Waals surface area contributed by atoms with Gasteiger partial charge in [0.15, 0.2) is 5.96 Å². The van der Waals surface area contributed by atoms with Crippen LogP contribution in [0.15, 0.2) is 35.3 Å². The van der Waals surface area contributed by atoms with Crippen LogP contribution < -0.4 is 16.0 Å². The molecule has 1 aromatic rings. The predicted molar refractivity (Wildman–Crippen MR) is 114 cm³/mol. The number of benzene rings is 1. The summed E-state index contributed by atoms with van der Waals surface area (Å²) in [6.45, 7) is 5.71. The Bertz CT molecular complexity index is 483. The van der Waals surface area contributed by atoms with E-state index < -0.39 is 0 Å². The highest BCUT2D eigenvalue weighted by atomic mass is 127. The molecule has 0 spiro atoms. The van der Waals surface area contributed by atoms with Gasteiger partial charge in [0.2, 0.25) is 0 Å². The largest absolute Gasteiger partial charge is 0.381 e. The van der Waals surface area contributed by atoms with Gasteiger partial charge in [-0.1, -0.05) is 31.5 Å². The van der Waals surface area contributed by atoms with Crippen molar-refractivity contribution in [1.82, 2.24) is 16.0 Å².